The second-order valence-corrected chi connectivity index (χ2v) is 6.87. The van der Waals surface area contributed by atoms with E-state index in [0.29, 0.717) is 23.6 Å². The van der Waals surface area contributed by atoms with Crippen LogP contribution in [0.25, 0.3) is 0 Å². The summed E-state index contributed by atoms with van der Waals surface area (Å²) in [6.07, 6.45) is 1.44. The summed E-state index contributed by atoms with van der Waals surface area (Å²) in [7, 11) is 0. The Morgan fingerprint density at radius 2 is 1.56 bits per heavy atom. The smallest absolute Gasteiger partial charge is 0.271 e. The number of carbonyl (C=O) groups excluding carboxylic acids is 2. The zero-order valence-electron chi connectivity index (χ0n) is 18.3. The van der Waals surface area contributed by atoms with Crippen molar-refractivity contribution in [1.29, 1.82) is 0 Å². The van der Waals surface area contributed by atoms with Gasteiger partial charge in [0, 0.05) is 23.4 Å². The Kier molecular flexibility index (Phi) is 8.28. The number of ether oxygens (including phenoxy) is 2. The van der Waals surface area contributed by atoms with Crippen molar-refractivity contribution in [1.82, 2.24) is 5.43 Å². The molecular formula is C24H22N4O6. The van der Waals surface area contributed by atoms with Crippen LogP contribution >= 0.6 is 0 Å². The van der Waals surface area contributed by atoms with Gasteiger partial charge in [0.2, 0.25) is 0 Å². The zero-order valence-corrected chi connectivity index (χ0v) is 18.3. The fourth-order valence-electron chi connectivity index (χ4n) is 2.76. The van der Waals surface area contributed by atoms with Gasteiger partial charge in [-0.3, -0.25) is 19.7 Å². The van der Waals surface area contributed by atoms with E-state index in [-0.39, 0.29) is 23.8 Å². The molecule has 10 heteroatoms. The Morgan fingerprint density at radius 1 is 0.941 bits per heavy atom. The molecular weight excluding hydrogens is 440 g/mol. The molecule has 0 heterocycles. The van der Waals surface area contributed by atoms with Crippen molar-refractivity contribution in [2.45, 2.75) is 6.92 Å². The summed E-state index contributed by atoms with van der Waals surface area (Å²) < 4.78 is 10.8. The van der Waals surface area contributed by atoms with Gasteiger partial charge in [-0.2, -0.15) is 5.10 Å². The molecule has 2 N–H and O–H groups in total. The van der Waals surface area contributed by atoms with Gasteiger partial charge in [-0.1, -0.05) is 0 Å². The zero-order chi connectivity index (χ0) is 24.3. The van der Waals surface area contributed by atoms with Crippen molar-refractivity contribution < 1.29 is 24.0 Å². The Balaban J connectivity index is 1.44. The predicted molar refractivity (Wildman–Crippen MR) is 126 cm³/mol. The number of non-ortho nitro benzene ring substituents is 1. The molecule has 3 aromatic rings. The third-order valence-corrected chi connectivity index (χ3v) is 4.42. The maximum absolute atomic E-state index is 12.1. The first-order valence-electron chi connectivity index (χ1n) is 10.3. The highest BCUT2D eigenvalue weighted by Crippen LogP contribution is 2.16. The van der Waals surface area contributed by atoms with E-state index in [1.807, 2.05) is 6.92 Å². The van der Waals surface area contributed by atoms with Gasteiger partial charge in [0.25, 0.3) is 17.5 Å². The largest absolute Gasteiger partial charge is 0.494 e. The summed E-state index contributed by atoms with van der Waals surface area (Å²) in [6.45, 7) is 2.31. The van der Waals surface area contributed by atoms with Crippen LogP contribution in [0.15, 0.2) is 77.9 Å². The van der Waals surface area contributed by atoms with Crippen LogP contribution in [0, 0.1) is 10.1 Å². The lowest BCUT2D eigenvalue weighted by molar-refractivity contribution is -0.384. The van der Waals surface area contributed by atoms with E-state index in [1.165, 1.54) is 30.5 Å². The van der Waals surface area contributed by atoms with Crippen LogP contribution in [-0.4, -0.2) is 36.2 Å². The Labute approximate surface area is 195 Å². The highest BCUT2D eigenvalue weighted by atomic mass is 16.6. The molecule has 0 saturated carbocycles. The molecule has 0 atom stereocenters. The monoisotopic (exact) mass is 462 g/mol. The molecule has 0 aliphatic carbocycles. The summed E-state index contributed by atoms with van der Waals surface area (Å²) in [5.74, 6) is 0.425. The SMILES string of the molecule is CCOc1ccc(NC(=O)COc2ccc(/C=N\NC(=O)c3ccc([N+](=O)[O-])cc3)cc2)cc1. The van der Waals surface area contributed by atoms with Gasteiger partial charge in [0.05, 0.1) is 17.7 Å². The van der Waals surface area contributed by atoms with E-state index in [4.69, 9.17) is 9.47 Å². The minimum absolute atomic E-state index is 0.101. The Morgan fingerprint density at radius 3 is 2.18 bits per heavy atom. The quantitative estimate of drug-likeness (QED) is 0.268. The van der Waals surface area contributed by atoms with Crippen LogP contribution in [0.2, 0.25) is 0 Å². The molecule has 10 nitrogen and oxygen atoms in total. The van der Waals surface area contributed by atoms with Gasteiger partial charge in [-0.05, 0) is 73.2 Å². The number of benzene rings is 3. The molecule has 0 spiro atoms. The van der Waals surface area contributed by atoms with Crippen LogP contribution in [0.3, 0.4) is 0 Å². The van der Waals surface area contributed by atoms with E-state index < -0.39 is 10.8 Å². The molecule has 3 rings (SSSR count). The van der Waals surface area contributed by atoms with Crippen LogP contribution in [0.1, 0.15) is 22.8 Å². The van der Waals surface area contributed by atoms with Gasteiger partial charge in [-0.25, -0.2) is 5.43 Å². The summed E-state index contributed by atoms with van der Waals surface area (Å²) in [6, 6.07) is 19.0. The number of anilines is 1. The molecule has 0 bridgehead atoms. The molecule has 2 amide bonds. The minimum atomic E-state index is -0.540. The van der Waals surface area contributed by atoms with E-state index in [9.17, 15) is 19.7 Å². The number of nitrogens with one attached hydrogen (secondary N) is 2. The lowest BCUT2D eigenvalue weighted by Gasteiger charge is -2.08. The Bertz CT molecular complexity index is 1160. The van der Waals surface area contributed by atoms with Gasteiger partial charge in [0.15, 0.2) is 6.61 Å². The van der Waals surface area contributed by atoms with Gasteiger partial charge >= 0.3 is 0 Å². The number of hydrogen-bond acceptors (Lipinski definition) is 7. The first-order chi connectivity index (χ1) is 16.4. The normalized spacial score (nSPS) is 10.5. The van der Waals surface area contributed by atoms with Crippen LogP contribution in [0.4, 0.5) is 11.4 Å². The van der Waals surface area contributed by atoms with Crippen molar-refractivity contribution >= 4 is 29.4 Å². The molecule has 0 aliphatic heterocycles. The number of rotatable bonds is 10. The fourth-order valence-corrected chi connectivity index (χ4v) is 2.76. The number of hydrazone groups is 1. The van der Waals surface area contributed by atoms with Crippen molar-refractivity contribution in [3.63, 3.8) is 0 Å². The summed E-state index contributed by atoms with van der Waals surface area (Å²) in [5.41, 5.74) is 3.83. The molecule has 3 aromatic carbocycles. The summed E-state index contributed by atoms with van der Waals surface area (Å²) in [4.78, 5) is 34.2. The second kappa shape index (κ2) is 11.8. The van der Waals surface area contributed by atoms with Gasteiger partial charge < -0.3 is 14.8 Å². The number of carbonyl (C=O) groups is 2. The van der Waals surface area contributed by atoms with Crippen LogP contribution in [0.5, 0.6) is 11.5 Å². The molecule has 0 aliphatic rings. The Hall–Kier alpha value is -4.73. The lowest BCUT2D eigenvalue weighted by Crippen LogP contribution is -2.20. The molecule has 0 aromatic heterocycles. The van der Waals surface area contributed by atoms with E-state index in [0.717, 1.165) is 5.75 Å². The van der Waals surface area contributed by atoms with Crippen molar-refractivity contribution in [3.05, 3.63) is 94.0 Å². The number of nitro benzene ring substituents is 1. The highest BCUT2D eigenvalue weighted by Gasteiger charge is 2.08. The summed E-state index contributed by atoms with van der Waals surface area (Å²) >= 11 is 0. The third kappa shape index (κ3) is 7.16. The number of amides is 2. The number of nitro groups is 1. The molecule has 174 valence electrons. The van der Waals surface area contributed by atoms with E-state index in [2.05, 4.69) is 15.8 Å². The highest BCUT2D eigenvalue weighted by molar-refractivity contribution is 5.95. The van der Waals surface area contributed by atoms with Crippen molar-refractivity contribution in [2.75, 3.05) is 18.5 Å². The lowest BCUT2D eigenvalue weighted by atomic mass is 10.2. The van der Waals surface area contributed by atoms with Crippen molar-refractivity contribution in [2.24, 2.45) is 5.10 Å². The molecule has 0 unspecified atom stereocenters. The molecule has 0 fully saturated rings. The van der Waals surface area contributed by atoms with Gasteiger partial charge in [0.1, 0.15) is 11.5 Å². The average molecular weight is 462 g/mol. The second-order valence-electron chi connectivity index (χ2n) is 6.87. The standard InChI is InChI=1S/C24H22N4O6/c1-2-33-21-13-7-19(8-14-21)26-23(29)16-34-22-11-3-17(4-12-22)15-25-27-24(30)18-5-9-20(10-6-18)28(31)32/h3-15H,2,16H2,1H3,(H,26,29)(H,27,30)/b25-15-. The number of nitrogens with zero attached hydrogens (tertiary/aromatic N) is 2. The third-order valence-electron chi connectivity index (χ3n) is 4.42. The molecule has 34 heavy (non-hydrogen) atoms. The predicted octanol–water partition coefficient (Wildman–Crippen LogP) is 3.77. The van der Waals surface area contributed by atoms with Crippen LogP contribution in [-0.2, 0) is 4.79 Å². The molecule has 0 radical (unpaired) electrons. The number of hydrogen-bond donors (Lipinski definition) is 2. The molecule has 0 saturated heterocycles. The van der Waals surface area contributed by atoms with Crippen molar-refractivity contribution in [3.8, 4) is 11.5 Å². The topological polar surface area (TPSA) is 132 Å². The first kappa shape index (κ1) is 23.9. The minimum Gasteiger partial charge on any atom is -0.494 e. The van der Waals surface area contributed by atoms with E-state index >= 15 is 0 Å². The maximum Gasteiger partial charge on any atom is 0.271 e. The van der Waals surface area contributed by atoms with E-state index in [1.54, 1.807) is 48.5 Å². The fraction of sp³-hybridized carbons (Fsp3) is 0.125. The van der Waals surface area contributed by atoms with Gasteiger partial charge in [-0.15, -0.1) is 0 Å². The average Bonchev–Trinajstić information content (AvgIpc) is 2.85. The maximum atomic E-state index is 12.1. The van der Waals surface area contributed by atoms with Crippen LogP contribution < -0.4 is 20.2 Å². The first-order valence-corrected chi connectivity index (χ1v) is 10.3. The summed E-state index contributed by atoms with van der Waals surface area (Å²) in [5, 5.41) is 17.3.